The summed E-state index contributed by atoms with van der Waals surface area (Å²) in [5.41, 5.74) is 4.58. The van der Waals surface area contributed by atoms with Crippen molar-refractivity contribution in [2.24, 2.45) is 0 Å². The van der Waals surface area contributed by atoms with Gasteiger partial charge in [-0.15, -0.1) is 0 Å². The van der Waals surface area contributed by atoms with Crippen molar-refractivity contribution >= 4 is 21.5 Å². The zero-order chi connectivity index (χ0) is 29.9. The van der Waals surface area contributed by atoms with Gasteiger partial charge in [-0.3, -0.25) is 9.09 Å². The molecular formula is C23H43N3O12P2. The molecule has 0 bridgehead atoms. The van der Waals surface area contributed by atoms with Crippen LogP contribution in [-0.4, -0.2) is 70.1 Å². The number of hydrogen-bond donors (Lipinski definition) is 7. The molecule has 232 valence electrons. The first kappa shape index (κ1) is 35.0. The third kappa shape index (κ3) is 11.6. The Morgan fingerprint density at radius 1 is 1.00 bits per heavy atom. The second-order valence-electron chi connectivity index (χ2n) is 10.0. The number of nitrogen functional groups attached to an aromatic ring is 1. The van der Waals surface area contributed by atoms with E-state index in [4.69, 9.17) is 24.8 Å². The Balaban J connectivity index is 2.02. The smallest absolute Gasteiger partial charge is 0.388 e. The van der Waals surface area contributed by atoms with E-state index >= 15 is 0 Å². The van der Waals surface area contributed by atoms with Crippen molar-refractivity contribution in [2.75, 3.05) is 5.73 Å². The molecule has 15 nitrogen and oxygen atoms in total. The maximum atomic E-state index is 12.3. The van der Waals surface area contributed by atoms with E-state index in [9.17, 15) is 34.1 Å². The highest BCUT2D eigenvalue weighted by molar-refractivity contribution is 7.60. The van der Waals surface area contributed by atoms with E-state index < -0.39 is 58.1 Å². The SMILES string of the molecule is CCCCCCCCCCCCCC(OP(=O)(O)OP(=O)(O)O)C(O)[C@H]1O[C@@H](n2ccc(N)nc2=O)[C@H](O)[C@@H]1O. The van der Waals surface area contributed by atoms with Crippen LogP contribution in [0.15, 0.2) is 17.1 Å². The van der Waals surface area contributed by atoms with E-state index in [1.807, 2.05) is 0 Å². The van der Waals surface area contributed by atoms with Gasteiger partial charge in [0.2, 0.25) is 0 Å². The normalized spacial score (nSPS) is 24.6. The molecule has 1 aromatic rings. The molecule has 7 atom stereocenters. The van der Waals surface area contributed by atoms with Crippen LogP contribution in [0.3, 0.4) is 0 Å². The summed E-state index contributed by atoms with van der Waals surface area (Å²) >= 11 is 0. The first-order valence-corrected chi connectivity index (χ1v) is 16.6. The van der Waals surface area contributed by atoms with Crippen LogP contribution in [0.1, 0.15) is 90.2 Å². The van der Waals surface area contributed by atoms with Gasteiger partial charge in [0.15, 0.2) is 6.23 Å². The fourth-order valence-electron chi connectivity index (χ4n) is 4.65. The van der Waals surface area contributed by atoms with Crippen molar-refractivity contribution in [3.8, 4) is 0 Å². The van der Waals surface area contributed by atoms with Gasteiger partial charge in [-0.1, -0.05) is 77.6 Å². The maximum absolute atomic E-state index is 12.3. The monoisotopic (exact) mass is 615 g/mol. The molecule has 1 aliphatic rings. The summed E-state index contributed by atoms with van der Waals surface area (Å²) in [5.74, 6) is -0.0879. The van der Waals surface area contributed by atoms with E-state index in [0.29, 0.717) is 12.8 Å². The number of aliphatic hydroxyl groups is 3. The van der Waals surface area contributed by atoms with Crippen molar-refractivity contribution < 1.29 is 52.7 Å². The van der Waals surface area contributed by atoms with Gasteiger partial charge in [-0.25, -0.2) is 13.9 Å². The second kappa shape index (κ2) is 16.4. The third-order valence-corrected chi connectivity index (χ3v) is 8.90. The lowest BCUT2D eigenvalue weighted by molar-refractivity contribution is -0.120. The Morgan fingerprint density at radius 3 is 2.08 bits per heavy atom. The highest BCUT2D eigenvalue weighted by Crippen LogP contribution is 2.58. The van der Waals surface area contributed by atoms with E-state index in [0.717, 1.165) is 30.3 Å². The van der Waals surface area contributed by atoms with Gasteiger partial charge in [0.1, 0.15) is 30.2 Å². The molecule has 0 aliphatic carbocycles. The van der Waals surface area contributed by atoms with E-state index in [1.165, 1.54) is 44.4 Å². The largest absolute Gasteiger partial charge is 0.481 e. The zero-order valence-corrected chi connectivity index (χ0v) is 24.4. The Hall–Kier alpha value is -1.22. The quantitative estimate of drug-likeness (QED) is 0.0870. The van der Waals surface area contributed by atoms with Gasteiger partial charge in [0.25, 0.3) is 0 Å². The average molecular weight is 616 g/mol. The molecule has 0 radical (unpaired) electrons. The van der Waals surface area contributed by atoms with Crippen LogP contribution >= 0.6 is 15.6 Å². The van der Waals surface area contributed by atoms with Gasteiger partial charge < -0.3 is 40.5 Å². The van der Waals surface area contributed by atoms with Gasteiger partial charge in [0.05, 0.1) is 6.10 Å². The lowest BCUT2D eigenvalue weighted by Crippen LogP contribution is -2.45. The number of phosphoric acid groups is 2. The number of ether oxygens (including phenoxy) is 1. The third-order valence-electron chi connectivity index (χ3n) is 6.69. The summed E-state index contributed by atoms with van der Waals surface area (Å²) in [7, 11) is -10.8. The van der Waals surface area contributed by atoms with Crippen molar-refractivity contribution in [1.29, 1.82) is 0 Å². The Labute approximate surface area is 233 Å². The van der Waals surface area contributed by atoms with Crippen molar-refractivity contribution in [2.45, 2.75) is 121 Å². The molecule has 0 spiro atoms. The van der Waals surface area contributed by atoms with Crippen LogP contribution < -0.4 is 11.4 Å². The average Bonchev–Trinajstić information content (AvgIpc) is 3.13. The van der Waals surface area contributed by atoms with Gasteiger partial charge in [-0.05, 0) is 12.5 Å². The number of aromatic nitrogens is 2. The number of nitrogens with two attached hydrogens (primary N) is 1. The summed E-state index contributed by atoms with van der Waals surface area (Å²) < 4.78 is 38.6. The molecule has 3 unspecified atom stereocenters. The summed E-state index contributed by atoms with van der Waals surface area (Å²) in [6.45, 7) is 2.17. The molecular weight excluding hydrogens is 572 g/mol. The molecule has 1 aromatic heterocycles. The predicted molar refractivity (Wildman–Crippen MR) is 144 cm³/mol. The summed E-state index contributed by atoms with van der Waals surface area (Å²) in [5, 5.41) is 32.0. The van der Waals surface area contributed by atoms with E-state index in [2.05, 4.69) is 16.2 Å². The minimum absolute atomic E-state index is 0.0655. The van der Waals surface area contributed by atoms with Crippen LogP contribution in [0.25, 0.3) is 0 Å². The number of anilines is 1. The Kier molecular flexibility index (Phi) is 14.4. The summed E-state index contributed by atoms with van der Waals surface area (Å²) in [6.07, 6.45) is 2.26. The lowest BCUT2D eigenvalue weighted by Gasteiger charge is -2.29. The standard InChI is InChI=1S/C23H43N3O12P2/c1-2-3-4-5-6-7-8-9-10-11-12-13-16(37-40(34,35)38-39(31,32)33)18(27)21-19(28)20(29)22(36-21)26-15-14-17(24)25-23(26)30/h14-16,18-22,27-29H,2-13H2,1H3,(H,34,35)(H2,24,25,30)(H2,31,32,33)/t16?,18?,19-,20+,21+,22+/m0/s1. The number of unbranched alkanes of at least 4 members (excludes halogenated alkanes) is 10. The Morgan fingerprint density at radius 2 is 1.55 bits per heavy atom. The topological polar surface area (TPSA) is 244 Å². The molecule has 8 N–H and O–H groups in total. The molecule has 40 heavy (non-hydrogen) atoms. The van der Waals surface area contributed by atoms with Crippen LogP contribution in [0.5, 0.6) is 0 Å². The molecule has 17 heteroatoms. The first-order valence-electron chi connectivity index (χ1n) is 13.6. The van der Waals surface area contributed by atoms with Crippen molar-refractivity contribution in [3.05, 3.63) is 22.7 Å². The van der Waals surface area contributed by atoms with E-state index in [-0.39, 0.29) is 12.2 Å². The lowest BCUT2D eigenvalue weighted by atomic mass is 9.97. The zero-order valence-electron chi connectivity index (χ0n) is 22.6. The summed E-state index contributed by atoms with van der Waals surface area (Å²) in [6, 6.07) is 1.26. The molecule has 1 aliphatic heterocycles. The van der Waals surface area contributed by atoms with Gasteiger partial charge >= 0.3 is 21.3 Å². The molecule has 0 amide bonds. The minimum atomic E-state index is -5.43. The highest BCUT2D eigenvalue weighted by Gasteiger charge is 2.50. The fourth-order valence-corrected chi connectivity index (χ4v) is 6.45. The molecule has 0 aromatic carbocycles. The van der Waals surface area contributed by atoms with Crippen LogP contribution in [-0.2, 0) is 22.7 Å². The molecule has 1 saturated heterocycles. The number of aliphatic hydroxyl groups excluding tert-OH is 3. The number of rotatable bonds is 19. The van der Waals surface area contributed by atoms with Crippen LogP contribution in [0.2, 0.25) is 0 Å². The highest BCUT2D eigenvalue weighted by atomic mass is 31.3. The van der Waals surface area contributed by atoms with Crippen LogP contribution in [0, 0.1) is 0 Å². The van der Waals surface area contributed by atoms with Crippen LogP contribution in [0.4, 0.5) is 5.82 Å². The number of hydrogen-bond acceptors (Lipinski definition) is 11. The van der Waals surface area contributed by atoms with Crippen molar-refractivity contribution in [3.63, 3.8) is 0 Å². The molecule has 0 saturated carbocycles. The maximum Gasteiger partial charge on any atom is 0.481 e. The summed E-state index contributed by atoms with van der Waals surface area (Å²) in [4.78, 5) is 43.5. The molecule has 2 heterocycles. The van der Waals surface area contributed by atoms with Crippen molar-refractivity contribution in [1.82, 2.24) is 9.55 Å². The second-order valence-corrected chi connectivity index (χ2v) is 12.8. The number of phosphoric ester groups is 1. The van der Waals surface area contributed by atoms with E-state index in [1.54, 1.807) is 0 Å². The minimum Gasteiger partial charge on any atom is -0.388 e. The Bertz CT molecular complexity index is 1050. The molecule has 2 rings (SSSR count). The van der Waals surface area contributed by atoms with Gasteiger partial charge in [0, 0.05) is 6.20 Å². The van der Waals surface area contributed by atoms with Gasteiger partial charge in [-0.2, -0.15) is 9.29 Å². The first-order chi connectivity index (χ1) is 18.8. The number of nitrogens with zero attached hydrogens (tertiary/aromatic N) is 2. The predicted octanol–water partition coefficient (Wildman–Crippen LogP) is 2.10. The molecule has 1 fully saturated rings. The fraction of sp³-hybridized carbons (Fsp3) is 0.826.